The normalized spacial score (nSPS) is 18.8. The summed E-state index contributed by atoms with van der Waals surface area (Å²) < 4.78 is 6.32. The lowest BCUT2D eigenvalue weighted by atomic mass is 9.94. The highest BCUT2D eigenvalue weighted by Gasteiger charge is 2.38. The summed E-state index contributed by atoms with van der Waals surface area (Å²) in [5, 5.41) is 4.27. The zero-order valence-electron chi connectivity index (χ0n) is 13.7. The number of carbonyl (C=O) groups is 1. The summed E-state index contributed by atoms with van der Waals surface area (Å²) in [5.74, 6) is -0.0226. The van der Waals surface area contributed by atoms with Crippen molar-refractivity contribution < 1.29 is 9.53 Å². The van der Waals surface area contributed by atoms with Gasteiger partial charge in [-0.15, -0.1) is 0 Å². The number of carbonyl (C=O) groups excluding carboxylic acids is 1. The minimum absolute atomic E-state index is 0.0226. The fourth-order valence-corrected chi connectivity index (χ4v) is 3.37. The number of ether oxygens (including phenoxy) is 1. The van der Waals surface area contributed by atoms with Crippen molar-refractivity contribution in [3.63, 3.8) is 0 Å². The highest BCUT2D eigenvalue weighted by molar-refractivity contribution is 5.92. The largest absolute Gasteiger partial charge is 0.383 e. The van der Waals surface area contributed by atoms with Gasteiger partial charge in [0.25, 0.3) is 11.5 Å². The lowest BCUT2D eigenvalue weighted by molar-refractivity contribution is 0.0604. The number of aromatic nitrogens is 2. The molecular formula is C17H25N3O3. The smallest absolute Gasteiger partial charge is 0.274 e. The van der Waals surface area contributed by atoms with Crippen LogP contribution in [0.4, 0.5) is 0 Å². The summed E-state index contributed by atoms with van der Waals surface area (Å²) in [6.07, 6.45) is 8.02. The Labute approximate surface area is 136 Å². The van der Waals surface area contributed by atoms with E-state index in [1.807, 2.05) is 4.90 Å². The molecule has 2 saturated carbocycles. The maximum atomic E-state index is 13.0. The molecule has 1 amide bonds. The zero-order chi connectivity index (χ0) is 16.2. The number of rotatable bonds is 6. The minimum Gasteiger partial charge on any atom is -0.383 e. The van der Waals surface area contributed by atoms with Gasteiger partial charge in [0.15, 0.2) is 0 Å². The molecule has 2 aliphatic carbocycles. The Morgan fingerprint density at radius 2 is 1.91 bits per heavy atom. The molecule has 0 unspecified atom stereocenters. The predicted molar refractivity (Wildman–Crippen MR) is 86.4 cm³/mol. The first-order chi connectivity index (χ1) is 11.2. The zero-order valence-corrected chi connectivity index (χ0v) is 13.7. The van der Waals surface area contributed by atoms with E-state index in [9.17, 15) is 9.59 Å². The van der Waals surface area contributed by atoms with Crippen molar-refractivity contribution in [2.24, 2.45) is 0 Å². The van der Waals surface area contributed by atoms with E-state index >= 15 is 0 Å². The Morgan fingerprint density at radius 3 is 2.57 bits per heavy atom. The molecule has 0 radical (unpaired) electrons. The monoisotopic (exact) mass is 319 g/mol. The molecule has 6 heteroatoms. The summed E-state index contributed by atoms with van der Waals surface area (Å²) in [7, 11) is 1.58. The molecule has 0 atom stereocenters. The van der Waals surface area contributed by atoms with Crippen molar-refractivity contribution in [2.75, 3.05) is 13.7 Å². The SMILES string of the molecule is COCCn1nc(C(=O)N(C2CCCCC2)C2CC2)ccc1=O. The van der Waals surface area contributed by atoms with Gasteiger partial charge in [-0.05, 0) is 31.7 Å². The molecule has 1 aromatic rings. The number of methoxy groups -OCH3 is 1. The average Bonchev–Trinajstić information content (AvgIpc) is 3.40. The van der Waals surface area contributed by atoms with E-state index in [1.165, 1.54) is 30.0 Å². The third kappa shape index (κ3) is 3.80. The molecule has 23 heavy (non-hydrogen) atoms. The van der Waals surface area contributed by atoms with Gasteiger partial charge in [-0.2, -0.15) is 5.10 Å². The standard InChI is InChI=1S/C17H25N3O3/c1-23-12-11-19-16(21)10-9-15(18-19)17(22)20(14-7-8-14)13-5-3-2-4-6-13/h9-10,13-14H,2-8,11-12H2,1H3. The van der Waals surface area contributed by atoms with E-state index in [1.54, 1.807) is 13.2 Å². The Morgan fingerprint density at radius 1 is 1.22 bits per heavy atom. The fraction of sp³-hybridized carbons (Fsp3) is 0.706. The maximum Gasteiger partial charge on any atom is 0.274 e. The summed E-state index contributed by atoms with van der Waals surface area (Å²) in [5.41, 5.74) is 0.174. The highest BCUT2D eigenvalue weighted by Crippen LogP contribution is 2.34. The van der Waals surface area contributed by atoms with Gasteiger partial charge < -0.3 is 9.64 Å². The van der Waals surface area contributed by atoms with Gasteiger partial charge in [-0.1, -0.05) is 19.3 Å². The number of amides is 1. The molecule has 2 aliphatic rings. The molecule has 126 valence electrons. The Kier molecular flexibility index (Phi) is 5.10. The molecule has 0 spiro atoms. The molecule has 0 bridgehead atoms. The quantitative estimate of drug-likeness (QED) is 0.802. The molecule has 0 aromatic carbocycles. The van der Waals surface area contributed by atoms with Crippen LogP contribution < -0.4 is 5.56 Å². The van der Waals surface area contributed by atoms with E-state index in [4.69, 9.17) is 4.74 Å². The fourth-order valence-electron chi connectivity index (χ4n) is 3.37. The number of hydrogen-bond donors (Lipinski definition) is 0. The van der Waals surface area contributed by atoms with Gasteiger partial charge in [0.1, 0.15) is 5.69 Å². The molecule has 1 heterocycles. The van der Waals surface area contributed by atoms with Crippen molar-refractivity contribution in [3.8, 4) is 0 Å². The second-order valence-corrected chi connectivity index (χ2v) is 6.51. The van der Waals surface area contributed by atoms with Gasteiger partial charge in [-0.25, -0.2) is 4.68 Å². The lowest BCUT2D eigenvalue weighted by Gasteiger charge is -2.34. The first kappa shape index (κ1) is 16.2. The average molecular weight is 319 g/mol. The van der Waals surface area contributed by atoms with Crippen LogP contribution in [0.2, 0.25) is 0 Å². The second-order valence-electron chi connectivity index (χ2n) is 6.51. The van der Waals surface area contributed by atoms with Crippen LogP contribution in [0.15, 0.2) is 16.9 Å². The Hall–Kier alpha value is -1.69. The van der Waals surface area contributed by atoms with Crippen LogP contribution in [0, 0.1) is 0 Å². The topological polar surface area (TPSA) is 64.4 Å². The third-order valence-corrected chi connectivity index (χ3v) is 4.74. The van der Waals surface area contributed by atoms with Crippen LogP contribution in [0.1, 0.15) is 55.4 Å². The van der Waals surface area contributed by atoms with E-state index in [0.29, 0.717) is 30.9 Å². The summed E-state index contributed by atoms with van der Waals surface area (Å²) in [4.78, 5) is 26.9. The molecule has 6 nitrogen and oxygen atoms in total. The van der Waals surface area contributed by atoms with Gasteiger partial charge in [0, 0.05) is 25.3 Å². The highest BCUT2D eigenvalue weighted by atomic mass is 16.5. The lowest BCUT2D eigenvalue weighted by Crippen LogP contribution is -2.44. The van der Waals surface area contributed by atoms with Crippen LogP contribution in [0.5, 0.6) is 0 Å². The molecule has 0 N–H and O–H groups in total. The molecule has 0 saturated heterocycles. The van der Waals surface area contributed by atoms with Crippen LogP contribution in [0.25, 0.3) is 0 Å². The van der Waals surface area contributed by atoms with Crippen molar-refractivity contribution in [2.45, 2.75) is 63.6 Å². The minimum atomic E-state index is -0.200. The summed E-state index contributed by atoms with van der Waals surface area (Å²) in [6.45, 7) is 0.767. The van der Waals surface area contributed by atoms with Crippen molar-refractivity contribution in [3.05, 3.63) is 28.2 Å². The number of hydrogen-bond acceptors (Lipinski definition) is 4. The molecule has 0 aliphatic heterocycles. The summed E-state index contributed by atoms with van der Waals surface area (Å²) in [6, 6.07) is 3.70. The van der Waals surface area contributed by atoms with E-state index in [-0.39, 0.29) is 11.5 Å². The summed E-state index contributed by atoms with van der Waals surface area (Å²) >= 11 is 0. The number of nitrogens with zero attached hydrogens (tertiary/aromatic N) is 3. The van der Waals surface area contributed by atoms with Gasteiger partial charge in [-0.3, -0.25) is 9.59 Å². The van der Waals surface area contributed by atoms with Gasteiger partial charge >= 0.3 is 0 Å². The van der Waals surface area contributed by atoms with Gasteiger partial charge in [0.05, 0.1) is 13.2 Å². The second kappa shape index (κ2) is 7.25. The van der Waals surface area contributed by atoms with Gasteiger partial charge in [0.2, 0.25) is 0 Å². The van der Waals surface area contributed by atoms with Crippen molar-refractivity contribution in [1.82, 2.24) is 14.7 Å². The Balaban J connectivity index is 1.80. The van der Waals surface area contributed by atoms with Crippen LogP contribution >= 0.6 is 0 Å². The van der Waals surface area contributed by atoms with Crippen LogP contribution in [-0.2, 0) is 11.3 Å². The van der Waals surface area contributed by atoms with E-state index < -0.39 is 0 Å². The van der Waals surface area contributed by atoms with Crippen LogP contribution in [0.3, 0.4) is 0 Å². The Bertz CT molecular complexity index is 603. The first-order valence-electron chi connectivity index (χ1n) is 8.60. The molecule has 3 rings (SSSR count). The first-order valence-corrected chi connectivity index (χ1v) is 8.60. The van der Waals surface area contributed by atoms with Crippen molar-refractivity contribution in [1.29, 1.82) is 0 Å². The molecular weight excluding hydrogens is 294 g/mol. The predicted octanol–water partition coefficient (Wildman–Crippen LogP) is 1.83. The van der Waals surface area contributed by atoms with Crippen LogP contribution in [-0.4, -0.2) is 46.4 Å². The van der Waals surface area contributed by atoms with Crippen molar-refractivity contribution >= 4 is 5.91 Å². The van der Waals surface area contributed by atoms with E-state index in [2.05, 4.69) is 5.10 Å². The molecule has 2 fully saturated rings. The van der Waals surface area contributed by atoms with E-state index in [0.717, 1.165) is 25.7 Å². The molecule has 1 aromatic heterocycles. The maximum absolute atomic E-state index is 13.0. The third-order valence-electron chi connectivity index (χ3n) is 4.74.